The number of ether oxygens (including phenoxy) is 1. The van der Waals surface area contributed by atoms with Crippen LogP contribution in [0.25, 0.3) is 0 Å². The first kappa shape index (κ1) is 17.0. The van der Waals surface area contributed by atoms with Crippen molar-refractivity contribution in [2.75, 3.05) is 20.3 Å². The van der Waals surface area contributed by atoms with E-state index in [-0.39, 0.29) is 0 Å². The van der Waals surface area contributed by atoms with Gasteiger partial charge in [0.05, 0.1) is 6.61 Å². The van der Waals surface area contributed by atoms with E-state index in [0.717, 1.165) is 28.6 Å². The van der Waals surface area contributed by atoms with Gasteiger partial charge >= 0.3 is 0 Å². The number of benzene rings is 2. The Hall–Kier alpha value is -0.330. The molecule has 2 nitrogen and oxygen atoms in total. The van der Waals surface area contributed by atoms with Crippen molar-refractivity contribution in [3.8, 4) is 0 Å². The molecule has 0 bridgehead atoms. The van der Waals surface area contributed by atoms with E-state index in [9.17, 15) is 0 Å². The maximum absolute atomic E-state index is 5.02. The van der Waals surface area contributed by atoms with Crippen molar-refractivity contribution in [3.63, 3.8) is 0 Å². The molecule has 0 heterocycles. The van der Waals surface area contributed by atoms with Crippen LogP contribution in [0.2, 0.25) is 0 Å². The monoisotopic (exact) mass is 429 g/mol. The average Bonchev–Trinajstić information content (AvgIpc) is 2.48. The van der Waals surface area contributed by atoms with Gasteiger partial charge in [-0.3, -0.25) is 0 Å². The van der Waals surface area contributed by atoms with E-state index in [1.54, 1.807) is 18.9 Å². The molecule has 0 unspecified atom stereocenters. The average molecular weight is 431 g/mol. The summed E-state index contributed by atoms with van der Waals surface area (Å²) >= 11 is 8.87. The quantitative estimate of drug-likeness (QED) is 0.617. The Morgan fingerprint density at radius 2 is 1.86 bits per heavy atom. The number of hydrogen-bond donors (Lipinski definition) is 1. The Morgan fingerprint density at radius 3 is 2.52 bits per heavy atom. The predicted octanol–water partition coefficient (Wildman–Crippen LogP) is 5.10. The second-order valence-electron chi connectivity index (χ2n) is 4.49. The second kappa shape index (κ2) is 8.96. The van der Waals surface area contributed by atoms with Gasteiger partial charge in [-0.2, -0.15) is 0 Å². The summed E-state index contributed by atoms with van der Waals surface area (Å²) in [5, 5.41) is 3.35. The van der Waals surface area contributed by atoms with E-state index < -0.39 is 0 Å². The van der Waals surface area contributed by atoms with Crippen LogP contribution in [0, 0.1) is 0 Å². The van der Waals surface area contributed by atoms with Gasteiger partial charge in [0.1, 0.15) is 0 Å². The van der Waals surface area contributed by atoms with Crippen LogP contribution in [0.3, 0.4) is 0 Å². The molecule has 1 N–H and O–H groups in total. The van der Waals surface area contributed by atoms with Crippen LogP contribution in [0.4, 0.5) is 0 Å². The first-order valence-corrected chi connectivity index (χ1v) is 9.01. The molecule has 0 fully saturated rings. The van der Waals surface area contributed by atoms with Gasteiger partial charge in [0.2, 0.25) is 0 Å². The molecule has 0 amide bonds. The third-order valence-corrected chi connectivity index (χ3v) is 5.38. The molecular weight excluding hydrogens is 414 g/mol. The van der Waals surface area contributed by atoms with Crippen molar-refractivity contribution >= 4 is 43.6 Å². The van der Waals surface area contributed by atoms with Gasteiger partial charge in [-0.05, 0) is 57.9 Å². The number of halogens is 2. The van der Waals surface area contributed by atoms with Gasteiger partial charge in [-0.1, -0.05) is 33.8 Å². The van der Waals surface area contributed by atoms with Crippen LogP contribution in [-0.4, -0.2) is 20.3 Å². The van der Waals surface area contributed by atoms with Crippen LogP contribution < -0.4 is 5.32 Å². The van der Waals surface area contributed by atoms with Gasteiger partial charge in [-0.25, -0.2) is 0 Å². The van der Waals surface area contributed by atoms with Gasteiger partial charge in [0.25, 0.3) is 0 Å². The fraction of sp³-hybridized carbons (Fsp3) is 0.250. The molecule has 0 saturated carbocycles. The van der Waals surface area contributed by atoms with E-state index in [1.165, 1.54) is 15.4 Å². The van der Waals surface area contributed by atoms with E-state index in [1.807, 2.05) is 0 Å². The lowest BCUT2D eigenvalue weighted by Crippen LogP contribution is -2.18. The SMILES string of the molecule is COCCNCc1ccc(Sc2ccc(Br)cc2)c(Br)c1. The molecule has 0 atom stereocenters. The first-order chi connectivity index (χ1) is 10.2. The molecule has 21 heavy (non-hydrogen) atoms. The van der Waals surface area contributed by atoms with Crippen molar-refractivity contribution in [2.45, 2.75) is 16.3 Å². The largest absolute Gasteiger partial charge is 0.383 e. The highest BCUT2D eigenvalue weighted by atomic mass is 79.9. The lowest BCUT2D eigenvalue weighted by Gasteiger charge is -2.08. The topological polar surface area (TPSA) is 21.3 Å². The summed E-state index contributed by atoms with van der Waals surface area (Å²) in [5.74, 6) is 0. The van der Waals surface area contributed by atoms with E-state index in [4.69, 9.17) is 4.74 Å². The zero-order valence-electron chi connectivity index (χ0n) is 11.7. The normalized spacial score (nSPS) is 10.8. The molecule has 0 aliphatic rings. The fourth-order valence-corrected chi connectivity index (χ4v) is 3.53. The van der Waals surface area contributed by atoms with E-state index in [2.05, 4.69) is 79.6 Å². The molecule has 2 rings (SSSR count). The van der Waals surface area contributed by atoms with Crippen LogP contribution in [-0.2, 0) is 11.3 Å². The smallest absolute Gasteiger partial charge is 0.0587 e. The van der Waals surface area contributed by atoms with Crippen LogP contribution in [0.5, 0.6) is 0 Å². The maximum Gasteiger partial charge on any atom is 0.0587 e. The Morgan fingerprint density at radius 1 is 1.10 bits per heavy atom. The van der Waals surface area contributed by atoms with Crippen molar-refractivity contribution < 1.29 is 4.74 Å². The van der Waals surface area contributed by atoms with Crippen LogP contribution in [0.15, 0.2) is 61.2 Å². The summed E-state index contributed by atoms with van der Waals surface area (Å²) in [6.45, 7) is 2.45. The summed E-state index contributed by atoms with van der Waals surface area (Å²) in [5.41, 5.74) is 1.26. The number of nitrogens with one attached hydrogen (secondary N) is 1. The highest BCUT2D eigenvalue weighted by Gasteiger charge is 2.04. The Bertz CT molecular complexity index is 575. The standard InChI is InChI=1S/C16H17Br2NOS/c1-20-9-8-19-11-12-2-7-16(15(18)10-12)21-14-5-3-13(17)4-6-14/h2-7,10,19H,8-9,11H2,1H3. The highest BCUT2D eigenvalue weighted by molar-refractivity contribution is 9.10. The molecule has 2 aromatic rings. The molecule has 0 aromatic heterocycles. The van der Waals surface area contributed by atoms with Crippen molar-refractivity contribution in [1.29, 1.82) is 0 Å². The number of methoxy groups -OCH3 is 1. The maximum atomic E-state index is 5.02. The number of rotatable bonds is 7. The van der Waals surface area contributed by atoms with Crippen molar-refractivity contribution in [1.82, 2.24) is 5.32 Å². The first-order valence-electron chi connectivity index (χ1n) is 6.60. The molecular formula is C16H17Br2NOS. The Kier molecular flexibility index (Phi) is 7.26. The molecule has 0 spiro atoms. The minimum absolute atomic E-state index is 0.735. The molecule has 112 valence electrons. The molecule has 0 saturated heterocycles. The Labute approximate surface area is 146 Å². The fourth-order valence-electron chi connectivity index (χ4n) is 1.77. The van der Waals surface area contributed by atoms with Gasteiger partial charge in [0.15, 0.2) is 0 Å². The van der Waals surface area contributed by atoms with Gasteiger partial charge < -0.3 is 10.1 Å². The van der Waals surface area contributed by atoms with E-state index >= 15 is 0 Å². The molecule has 5 heteroatoms. The summed E-state index contributed by atoms with van der Waals surface area (Å²) < 4.78 is 7.25. The predicted molar refractivity (Wildman–Crippen MR) is 96.0 cm³/mol. The zero-order valence-corrected chi connectivity index (χ0v) is 15.7. The van der Waals surface area contributed by atoms with Crippen LogP contribution >= 0.6 is 43.6 Å². The lowest BCUT2D eigenvalue weighted by molar-refractivity contribution is 0.199. The molecule has 2 aromatic carbocycles. The minimum atomic E-state index is 0.735. The summed E-state index contributed by atoms with van der Waals surface area (Å²) in [6, 6.07) is 14.8. The Balaban J connectivity index is 1.97. The van der Waals surface area contributed by atoms with E-state index in [0.29, 0.717) is 0 Å². The molecule has 0 aliphatic carbocycles. The third-order valence-electron chi connectivity index (χ3n) is 2.85. The van der Waals surface area contributed by atoms with Crippen LogP contribution in [0.1, 0.15) is 5.56 Å². The summed E-state index contributed by atoms with van der Waals surface area (Å²) in [6.07, 6.45) is 0. The summed E-state index contributed by atoms with van der Waals surface area (Å²) in [4.78, 5) is 2.45. The van der Waals surface area contributed by atoms with Gasteiger partial charge in [0, 0.05) is 38.9 Å². The minimum Gasteiger partial charge on any atom is -0.383 e. The highest BCUT2D eigenvalue weighted by Crippen LogP contribution is 2.34. The summed E-state index contributed by atoms with van der Waals surface area (Å²) in [7, 11) is 1.71. The molecule has 0 radical (unpaired) electrons. The zero-order chi connectivity index (χ0) is 15.1. The second-order valence-corrected chi connectivity index (χ2v) is 7.38. The van der Waals surface area contributed by atoms with Gasteiger partial charge in [-0.15, -0.1) is 0 Å². The molecule has 0 aliphatic heterocycles. The lowest BCUT2D eigenvalue weighted by atomic mass is 10.2. The third kappa shape index (κ3) is 5.75. The van der Waals surface area contributed by atoms with Crippen molar-refractivity contribution in [2.24, 2.45) is 0 Å². The number of hydrogen-bond acceptors (Lipinski definition) is 3. The van der Waals surface area contributed by atoms with Crippen molar-refractivity contribution in [3.05, 3.63) is 57.0 Å².